The van der Waals surface area contributed by atoms with Crippen LogP contribution in [0.2, 0.25) is 0 Å². The zero-order valence-corrected chi connectivity index (χ0v) is 14.1. The molecular formula is C19H22O5. The minimum Gasteiger partial charge on any atom is -0.467 e. The van der Waals surface area contributed by atoms with Crippen LogP contribution in [-0.4, -0.2) is 29.8 Å². The Bertz CT molecular complexity index is 630. The van der Waals surface area contributed by atoms with Crippen molar-refractivity contribution in [3.8, 4) is 0 Å². The minimum atomic E-state index is -1.35. The fraction of sp³-hybridized carbons (Fsp3) is 0.263. The summed E-state index contributed by atoms with van der Waals surface area (Å²) in [6.07, 6.45) is 0. The molecule has 0 saturated carbocycles. The van der Waals surface area contributed by atoms with E-state index in [4.69, 9.17) is 9.84 Å². The van der Waals surface area contributed by atoms with Crippen LogP contribution in [0.3, 0.4) is 0 Å². The molecule has 24 heavy (non-hydrogen) atoms. The largest absolute Gasteiger partial charge is 0.467 e. The van der Waals surface area contributed by atoms with Crippen molar-refractivity contribution < 1.29 is 24.2 Å². The lowest BCUT2D eigenvalue weighted by molar-refractivity contribution is -0.158. The third-order valence-electron chi connectivity index (χ3n) is 2.91. The summed E-state index contributed by atoms with van der Waals surface area (Å²) in [5, 5.41) is 8.81. The third kappa shape index (κ3) is 7.07. The molecule has 0 saturated heterocycles. The summed E-state index contributed by atoms with van der Waals surface area (Å²) < 4.78 is 9.40. The second-order valence-corrected chi connectivity index (χ2v) is 5.48. The van der Waals surface area contributed by atoms with Crippen molar-refractivity contribution in [3.05, 3.63) is 71.8 Å². The van der Waals surface area contributed by atoms with Gasteiger partial charge in [-0.15, -0.1) is 0 Å². The van der Waals surface area contributed by atoms with Crippen LogP contribution in [0.25, 0.3) is 0 Å². The first-order valence-corrected chi connectivity index (χ1v) is 7.41. The molecule has 0 fully saturated rings. The number of methoxy groups -OCH3 is 1. The van der Waals surface area contributed by atoms with Crippen molar-refractivity contribution in [2.75, 3.05) is 7.11 Å². The highest BCUT2D eigenvalue weighted by Crippen LogP contribution is 2.05. The maximum Gasteiger partial charge on any atom is 0.338 e. The predicted molar refractivity (Wildman–Crippen MR) is 90.3 cm³/mol. The monoisotopic (exact) mass is 330 g/mol. The van der Waals surface area contributed by atoms with E-state index in [0.29, 0.717) is 12.2 Å². The Kier molecular flexibility index (Phi) is 7.65. The van der Waals surface area contributed by atoms with Crippen LogP contribution in [0.4, 0.5) is 0 Å². The van der Waals surface area contributed by atoms with Gasteiger partial charge in [0.2, 0.25) is 0 Å². The summed E-state index contributed by atoms with van der Waals surface area (Å²) in [5.41, 5.74) is 0.222. The summed E-state index contributed by atoms with van der Waals surface area (Å²) in [5.74, 6) is -0.901. The molecule has 5 heteroatoms. The maximum atomic E-state index is 11.6. The van der Waals surface area contributed by atoms with Gasteiger partial charge >= 0.3 is 11.9 Å². The van der Waals surface area contributed by atoms with Crippen LogP contribution in [0, 0.1) is 0 Å². The van der Waals surface area contributed by atoms with E-state index in [-0.39, 0.29) is 5.97 Å². The Hall–Kier alpha value is -2.66. The number of ether oxygens (including phenoxy) is 2. The number of hydrogen-bond acceptors (Lipinski definition) is 5. The molecule has 0 unspecified atom stereocenters. The molecule has 0 aliphatic carbocycles. The van der Waals surface area contributed by atoms with Gasteiger partial charge < -0.3 is 14.6 Å². The standard InChI is InChI=1S/C14H12O2.C5H10O3/c15-14(13-9-5-2-6-10-13)16-11-12-7-3-1-4-8-12;1-5(2,7)4(6)8-3/h1-10H,11H2;7H,1-3H3. The van der Waals surface area contributed by atoms with Crippen molar-refractivity contribution in [1.82, 2.24) is 0 Å². The Morgan fingerprint density at radius 1 is 0.958 bits per heavy atom. The molecule has 128 valence electrons. The Balaban J connectivity index is 0.000000307. The van der Waals surface area contributed by atoms with Gasteiger partial charge in [-0.25, -0.2) is 9.59 Å². The summed E-state index contributed by atoms with van der Waals surface area (Å²) in [7, 11) is 1.24. The van der Waals surface area contributed by atoms with Crippen LogP contribution < -0.4 is 0 Å². The molecule has 0 radical (unpaired) electrons. The minimum absolute atomic E-state index is 0.288. The Labute approximate surface area is 141 Å². The molecule has 2 rings (SSSR count). The van der Waals surface area contributed by atoms with E-state index in [1.54, 1.807) is 12.1 Å². The van der Waals surface area contributed by atoms with Crippen LogP contribution in [0.5, 0.6) is 0 Å². The van der Waals surface area contributed by atoms with Gasteiger partial charge in [-0.05, 0) is 31.5 Å². The lowest BCUT2D eigenvalue weighted by Gasteiger charge is -2.12. The van der Waals surface area contributed by atoms with E-state index in [9.17, 15) is 9.59 Å². The molecule has 2 aromatic rings. The fourth-order valence-corrected chi connectivity index (χ4v) is 1.63. The molecule has 0 spiro atoms. The maximum absolute atomic E-state index is 11.6. The second kappa shape index (κ2) is 9.47. The molecule has 0 amide bonds. The molecule has 0 aromatic heterocycles. The van der Waals surface area contributed by atoms with Gasteiger partial charge in [-0.3, -0.25) is 0 Å². The number of aliphatic hydroxyl groups is 1. The SMILES string of the molecule is COC(=O)C(C)(C)O.O=C(OCc1ccccc1)c1ccccc1. The quantitative estimate of drug-likeness (QED) is 0.873. The predicted octanol–water partition coefficient (Wildman–Crippen LogP) is 2.97. The summed E-state index contributed by atoms with van der Waals surface area (Å²) in [6, 6.07) is 18.6. The van der Waals surface area contributed by atoms with Crippen molar-refractivity contribution >= 4 is 11.9 Å². The highest BCUT2D eigenvalue weighted by molar-refractivity contribution is 5.89. The van der Waals surface area contributed by atoms with E-state index in [2.05, 4.69) is 4.74 Å². The van der Waals surface area contributed by atoms with Crippen LogP contribution in [-0.2, 0) is 20.9 Å². The van der Waals surface area contributed by atoms with Crippen LogP contribution >= 0.6 is 0 Å². The van der Waals surface area contributed by atoms with Gasteiger partial charge in [0, 0.05) is 0 Å². The van der Waals surface area contributed by atoms with Gasteiger partial charge in [0.05, 0.1) is 12.7 Å². The molecule has 1 N–H and O–H groups in total. The molecule has 2 aromatic carbocycles. The van der Waals surface area contributed by atoms with E-state index >= 15 is 0 Å². The normalized spacial score (nSPS) is 10.2. The van der Waals surface area contributed by atoms with Gasteiger partial charge in [-0.1, -0.05) is 48.5 Å². The number of esters is 2. The number of carbonyl (C=O) groups is 2. The highest BCUT2D eigenvalue weighted by atomic mass is 16.5. The topological polar surface area (TPSA) is 72.8 Å². The molecule has 0 heterocycles. The lowest BCUT2D eigenvalue weighted by Crippen LogP contribution is -2.31. The van der Waals surface area contributed by atoms with Gasteiger partial charge in [0.15, 0.2) is 5.60 Å². The van der Waals surface area contributed by atoms with Crippen molar-refractivity contribution in [2.45, 2.75) is 26.1 Å². The van der Waals surface area contributed by atoms with Crippen LogP contribution in [0.1, 0.15) is 29.8 Å². The van der Waals surface area contributed by atoms with Crippen molar-refractivity contribution in [1.29, 1.82) is 0 Å². The number of benzene rings is 2. The second-order valence-electron chi connectivity index (χ2n) is 5.48. The highest BCUT2D eigenvalue weighted by Gasteiger charge is 2.23. The van der Waals surface area contributed by atoms with Crippen molar-refractivity contribution in [3.63, 3.8) is 0 Å². The molecule has 5 nitrogen and oxygen atoms in total. The summed E-state index contributed by atoms with van der Waals surface area (Å²) in [6.45, 7) is 3.06. The molecular weight excluding hydrogens is 308 g/mol. The van der Waals surface area contributed by atoms with E-state index in [1.807, 2.05) is 48.5 Å². The number of carbonyl (C=O) groups excluding carboxylic acids is 2. The third-order valence-corrected chi connectivity index (χ3v) is 2.91. The Morgan fingerprint density at radius 2 is 1.46 bits per heavy atom. The van der Waals surface area contributed by atoms with Crippen LogP contribution in [0.15, 0.2) is 60.7 Å². The number of hydrogen-bond donors (Lipinski definition) is 1. The zero-order valence-electron chi connectivity index (χ0n) is 14.1. The van der Waals surface area contributed by atoms with E-state index in [1.165, 1.54) is 21.0 Å². The van der Waals surface area contributed by atoms with E-state index in [0.717, 1.165) is 5.56 Å². The first kappa shape index (κ1) is 19.4. The molecule has 0 bridgehead atoms. The molecule has 0 atom stereocenters. The average Bonchev–Trinajstić information content (AvgIpc) is 2.60. The summed E-state index contributed by atoms with van der Waals surface area (Å²) >= 11 is 0. The lowest BCUT2D eigenvalue weighted by atomic mass is 10.1. The van der Waals surface area contributed by atoms with Gasteiger partial charge in [0.25, 0.3) is 0 Å². The fourth-order valence-electron chi connectivity index (χ4n) is 1.63. The first-order valence-electron chi connectivity index (χ1n) is 7.41. The van der Waals surface area contributed by atoms with E-state index < -0.39 is 11.6 Å². The number of rotatable bonds is 4. The van der Waals surface area contributed by atoms with Crippen molar-refractivity contribution in [2.24, 2.45) is 0 Å². The summed E-state index contributed by atoms with van der Waals surface area (Å²) in [4.78, 5) is 22.0. The molecule has 0 aliphatic rings. The average molecular weight is 330 g/mol. The molecule has 0 aliphatic heterocycles. The zero-order chi connectivity index (χ0) is 18.0. The Morgan fingerprint density at radius 3 is 1.88 bits per heavy atom. The van der Waals surface area contributed by atoms with Gasteiger partial charge in [-0.2, -0.15) is 0 Å². The van der Waals surface area contributed by atoms with Gasteiger partial charge in [0.1, 0.15) is 6.61 Å². The smallest absolute Gasteiger partial charge is 0.338 e. The first-order chi connectivity index (χ1) is 11.3.